The second-order valence-electron chi connectivity index (χ2n) is 5.00. The molecule has 1 heterocycles. The van der Waals surface area contributed by atoms with Crippen molar-refractivity contribution in [3.05, 3.63) is 28.5 Å². The number of nitrogens with zero attached hydrogens (tertiary/aromatic N) is 1. The number of sulfonamides is 1. The zero-order valence-corrected chi connectivity index (χ0v) is 14.9. The number of benzene rings is 1. The number of rotatable bonds is 4. The molecule has 0 saturated carbocycles. The van der Waals surface area contributed by atoms with E-state index in [1.807, 2.05) is 7.05 Å². The van der Waals surface area contributed by atoms with E-state index < -0.39 is 15.8 Å². The molecule has 0 aliphatic carbocycles. The summed E-state index contributed by atoms with van der Waals surface area (Å²) in [6.07, 6.45) is 1.80. The van der Waals surface area contributed by atoms with Crippen LogP contribution < -0.4 is 5.32 Å². The zero-order valence-electron chi connectivity index (χ0n) is 11.7. The van der Waals surface area contributed by atoms with Crippen LogP contribution in [0.15, 0.2) is 27.6 Å². The van der Waals surface area contributed by atoms with Crippen LogP contribution in [0, 0.1) is 11.7 Å². The molecule has 1 aliphatic rings. The van der Waals surface area contributed by atoms with Crippen molar-refractivity contribution >= 4 is 38.4 Å². The first-order valence-electron chi connectivity index (χ1n) is 6.55. The highest BCUT2D eigenvalue weighted by Crippen LogP contribution is 2.27. The zero-order chi connectivity index (χ0) is 14.8. The Bertz CT molecular complexity index is 584. The van der Waals surface area contributed by atoms with Crippen LogP contribution in [0.4, 0.5) is 4.39 Å². The van der Waals surface area contributed by atoms with Crippen molar-refractivity contribution in [2.45, 2.75) is 17.7 Å². The van der Waals surface area contributed by atoms with Gasteiger partial charge in [0.25, 0.3) is 0 Å². The molecular formula is C13H19BrClFN2O2S. The second-order valence-corrected chi connectivity index (χ2v) is 7.83. The van der Waals surface area contributed by atoms with Crippen LogP contribution in [-0.4, -0.2) is 39.4 Å². The van der Waals surface area contributed by atoms with E-state index in [2.05, 4.69) is 21.2 Å². The summed E-state index contributed by atoms with van der Waals surface area (Å²) in [5.74, 6) is -0.428. The minimum absolute atomic E-state index is 0. The molecule has 2 rings (SSSR count). The molecule has 1 fully saturated rings. The van der Waals surface area contributed by atoms with E-state index >= 15 is 0 Å². The summed E-state index contributed by atoms with van der Waals surface area (Å²) in [5.41, 5.74) is 0. The third kappa shape index (κ3) is 4.39. The van der Waals surface area contributed by atoms with E-state index in [0.29, 0.717) is 17.6 Å². The van der Waals surface area contributed by atoms with E-state index in [-0.39, 0.29) is 23.2 Å². The lowest BCUT2D eigenvalue weighted by Gasteiger charge is -2.31. The van der Waals surface area contributed by atoms with Gasteiger partial charge in [0.1, 0.15) is 10.7 Å². The lowest BCUT2D eigenvalue weighted by Crippen LogP contribution is -2.42. The van der Waals surface area contributed by atoms with Gasteiger partial charge in [0.05, 0.1) is 0 Å². The predicted octanol–water partition coefficient (Wildman–Crippen LogP) is 2.63. The normalized spacial score (nSPS) is 20.0. The van der Waals surface area contributed by atoms with E-state index in [0.717, 1.165) is 19.4 Å². The Kier molecular flexibility index (Phi) is 7.06. The smallest absolute Gasteiger partial charge is 0.246 e. The summed E-state index contributed by atoms with van der Waals surface area (Å²) in [4.78, 5) is -0.253. The van der Waals surface area contributed by atoms with Crippen molar-refractivity contribution in [2.24, 2.45) is 5.92 Å². The van der Waals surface area contributed by atoms with Gasteiger partial charge in [-0.15, -0.1) is 12.4 Å². The minimum atomic E-state index is -3.77. The number of nitrogens with one attached hydrogen (secondary N) is 1. The predicted molar refractivity (Wildman–Crippen MR) is 86.8 cm³/mol. The maximum absolute atomic E-state index is 13.8. The van der Waals surface area contributed by atoms with Crippen molar-refractivity contribution in [1.82, 2.24) is 9.62 Å². The molecule has 21 heavy (non-hydrogen) atoms. The summed E-state index contributed by atoms with van der Waals surface area (Å²) in [6, 6.07) is 3.99. The summed E-state index contributed by atoms with van der Waals surface area (Å²) < 4.78 is 40.9. The molecule has 1 saturated heterocycles. The lowest BCUT2D eigenvalue weighted by molar-refractivity contribution is 0.263. The molecule has 120 valence electrons. The third-order valence-corrected chi connectivity index (χ3v) is 5.86. The van der Waals surface area contributed by atoms with Gasteiger partial charge in [0.15, 0.2) is 0 Å². The molecule has 1 N–H and O–H groups in total. The largest absolute Gasteiger partial charge is 0.319 e. The van der Waals surface area contributed by atoms with Crippen LogP contribution in [0.3, 0.4) is 0 Å². The molecule has 1 aromatic rings. The maximum atomic E-state index is 13.8. The molecule has 8 heteroatoms. The maximum Gasteiger partial charge on any atom is 0.246 e. The standard InChI is InChI=1S/C13H18BrFN2O2S.ClH/c1-16-8-10-3-2-6-17(9-10)20(18,19)13-7-11(14)4-5-12(13)15;/h4-5,7,10,16H,2-3,6,8-9H2,1H3;1H. The Morgan fingerprint density at radius 3 is 2.86 bits per heavy atom. The van der Waals surface area contributed by atoms with Crippen LogP contribution in [0.1, 0.15) is 12.8 Å². The number of halogens is 3. The molecular weight excluding hydrogens is 383 g/mol. The first kappa shape index (κ1) is 18.8. The minimum Gasteiger partial charge on any atom is -0.319 e. The summed E-state index contributed by atoms with van der Waals surface area (Å²) in [6.45, 7) is 1.66. The van der Waals surface area contributed by atoms with Gasteiger partial charge in [-0.25, -0.2) is 12.8 Å². The Morgan fingerprint density at radius 2 is 2.19 bits per heavy atom. The van der Waals surface area contributed by atoms with E-state index in [1.165, 1.54) is 22.5 Å². The Morgan fingerprint density at radius 1 is 1.48 bits per heavy atom. The fraction of sp³-hybridized carbons (Fsp3) is 0.538. The summed E-state index contributed by atoms with van der Waals surface area (Å²) in [5, 5.41) is 3.07. The van der Waals surface area contributed by atoms with E-state index in [4.69, 9.17) is 0 Å². The monoisotopic (exact) mass is 400 g/mol. The highest BCUT2D eigenvalue weighted by atomic mass is 79.9. The average molecular weight is 402 g/mol. The molecule has 1 aliphatic heterocycles. The third-order valence-electron chi connectivity index (χ3n) is 3.49. The molecule has 0 radical (unpaired) electrons. The first-order valence-corrected chi connectivity index (χ1v) is 8.78. The summed E-state index contributed by atoms with van der Waals surface area (Å²) in [7, 11) is -1.92. The molecule has 4 nitrogen and oxygen atoms in total. The van der Waals surface area contributed by atoms with Crippen molar-refractivity contribution in [3.8, 4) is 0 Å². The first-order chi connectivity index (χ1) is 9.45. The Hall–Kier alpha value is -0.210. The number of piperidine rings is 1. The molecule has 1 aromatic carbocycles. The lowest BCUT2D eigenvalue weighted by atomic mass is 10.00. The Labute approximate surface area is 139 Å². The van der Waals surface area contributed by atoms with E-state index in [1.54, 1.807) is 0 Å². The summed E-state index contributed by atoms with van der Waals surface area (Å²) >= 11 is 3.19. The van der Waals surface area contributed by atoms with Gasteiger partial charge < -0.3 is 5.32 Å². The topological polar surface area (TPSA) is 49.4 Å². The molecule has 0 spiro atoms. The SMILES string of the molecule is CNCC1CCCN(S(=O)(=O)c2cc(Br)ccc2F)C1.Cl. The van der Waals surface area contributed by atoms with Gasteiger partial charge in [-0.05, 0) is 50.6 Å². The fourth-order valence-corrected chi connectivity index (χ4v) is 4.67. The molecule has 0 amide bonds. The van der Waals surface area contributed by atoms with Crippen molar-refractivity contribution in [1.29, 1.82) is 0 Å². The van der Waals surface area contributed by atoms with Gasteiger partial charge in [0.2, 0.25) is 10.0 Å². The van der Waals surface area contributed by atoms with Crippen LogP contribution >= 0.6 is 28.3 Å². The quantitative estimate of drug-likeness (QED) is 0.844. The van der Waals surface area contributed by atoms with Crippen molar-refractivity contribution in [3.63, 3.8) is 0 Å². The van der Waals surface area contributed by atoms with Gasteiger partial charge >= 0.3 is 0 Å². The van der Waals surface area contributed by atoms with Crippen molar-refractivity contribution < 1.29 is 12.8 Å². The van der Waals surface area contributed by atoms with Crippen LogP contribution in [0.25, 0.3) is 0 Å². The van der Waals surface area contributed by atoms with Gasteiger partial charge in [-0.2, -0.15) is 4.31 Å². The van der Waals surface area contributed by atoms with Crippen molar-refractivity contribution in [2.75, 3.05) is 26.7 Å². The molecule has 1 atom stereocenters. The number of hydrogen-bond donors (Lipinski definition) is 1. The van der Waals surface area contributed by atoms with Gasteiger partial charge in [-0.1, -0.05) is 15.9 Å². The fourth-order valence-electron chi connectivity index (χ4n) is 2.51. The highest BCUT2D eigenvalue weighted by molar-refractivity contribution is 9.10. The van der Waals surface area contributed by atoms with Crippen LogP contribution in [0.5, 0.6) is 0 Å². The molecule has 0 aromatic heterocycles. The molecule has 1 unspecified atom stereocenters. The highest BCUT2D eigenvalue weighted by Gasteiger charge is 2.31. The van der Waals surface area contributed by atoms with Gasteiger partial charge in [0, 0.05) is 17.6 Å². The second kappa shape index (κ2) is 7.87. The van der Waals surface area contributed by atoms with Crippen LogP contribution in [0.2, 0.25) is 0 Å². The molecule has 0 bridgehead atoms. The number of hydrogen-bond acceptors (Lipinski definition) is 3. The average Bonchev–Trinajstić information content (AvgIpc) is 2.42. The van der Waals surface area contributed by atoms with E-state index in [9.17, 15) is 12.8 Å². The van der Waals surface area contributed by atoms with Gasteiger partial charge in [-0.3, -0.25) is 0 Å². The Balaban J connectivity index is 0.00000220. The van der Waals surface area contributed by atoms with Crippen LogP contribution in [-0.2, 0) is 10.0 Å².